The summed E-state index contributed by atoms with van der Waals surface area (Å²) in [5.74, 6) is -0.125. The standard InChI is InChI=1S/C18H19BrN2O3S/c1-13-7-6-9-15(17(13)18(22)21-11-4-5-12-21)20-25(23,24)16-10-3-2-8-14(16)19/h2-3,6-10,20H,4-5,11-12H2,1H3. The first-order chi connectivity index (χ1) is 11.9. The molecule has 0 radical (unpaired) electrons. The molecule has 132 valence electrons. The highest BCUT2D eigenvalue weighted by Gasteiger charge is 2.26. The Bertz CT molecular complexity index is 906. The average molecular weight is 423 g/mol. The van der Waals surface area contributed by atoms with Gasteiger partial charge >= 0.3 is 0 Å². The lowest BCUT2D eigenvalue weighted by Crippen LogP contribution is -2.29. The number of benzene rings is 2. The predicted molar refractivity (Wildman–Crippen MR) is 101 cm³/mol. The highest BCUT2D eigenvalue weighted by atomic mass is 79.9. The molecule has 0 unspecified atom stereocenters. The predicted octanol–water partition coefficient (Wildman–Crippen LogP) is 3.79. The molecule has 1 heterocycles. The van der Waals surface area contributed by atoms with Crippen molar-refractivity contribution in [3.63, 3.8) is 0 Å². The van der Waals surface area contributed by atoms with Crippen molar-refractivity contribution >= 4 is 37.5 Å². The van der Waals surface area contributed by atoms with Crippen molar-refractivity contribution < 1.29 is 13.2 Å². The van der Waals surface area contributed by atoms with Crippen molar-refractivity contribution in [2.75, 3.05) is 17.8 Å². The van der Waals surface area contributed by atoms with Crippen LogP contribution in [0.2, 0.25) is 0 Å². The quantitative estimate of drug-likeness (QED) is 0.814. The largest absolute Gasteiger partial charge is 0.339 e. The fraction of sp³-hybridized carbons (Fsp3) is 0.278. The molecule has 0 bridgehead atoms. The topological polar surface area (TPSA) is 66.5 Å². The number of likely N-dealkylation sites (tertiary alicyclic amines) is 1. The first-order valence-electron chi connectivity index (χ1n) is 8.06. The molecular weight excluding hydrogens is 404 g/mol. The van der Waals surface area contributed by atoms with Gasteiger partial charge in [0.1, 0.15) is 4.90 Å². The SMILES string of the molecule is Cc1cccc(NS(=O)(=O)c2ccccc2Br)c1C(=O)N1CCCC1. The van der Waals surface area contributed by atoms with Gasteiger partial charge in [0.05, 0.1) is 11.3 Å². The minimum absolute atomic E-state index is 0.125. The van der Waals surface area contributed by atoms with Crippen LogP contribution in [0.3, 0.4) is 0 Å². The van der Waals surface area contributed by atoms with Gasteiger partial charge in [-0.05, 0) is 59.5 Å². The Hall–Kier alpha value is -1.86. The fourth-order valence-electron chi connectivity index (χ4n) is 2.98. The van der Waals surface area contributed by atoms with E-state index in [9.17, 15) is 13.2 Å². The molecule has 1 N–H and O–H groups in total. The third kappa shape index (κ3) is 3.72. The smallest absolute Gasteiger partial charge is 0.263 e. The number of carbonyl (C=O) groups excluding carboxylic acids is 1. The molecule has 3 rings (SSSR count). The second-order valence-corrected chi connectivity index (χ2v) is 8.54. The van der Waals surface area contributed by atoms with Crippen LogP contribution in [0.5, 0.6) is 0 Å². The minimum atomic E-state index is -3.81. The third-order valence-corrected chi connectivity index (χ3v) is 6.63. The number of nitrogens with zero attached hydrogens (tertiary/aromatic N) is 1. The van der Waals surface area contributed by atoms with Crippen LogP contribution in [0.1, 0.15) is 28.8 Å². The lowest BCUT2D eigenvalue weighted by Gasteiger charge is -2.20. The maximum atomic E-state index is 12.9. The van der Waals surface area contributed by atoms with Gasteiger partial charge in [0.25, 0.3) is 15.9 Å². The number of halogens is 1. The maximum Gasteiger partial charge on any atom is 0.263 e. The Balaban J connectivity index is 1.99. The van der Waals surface area contributed by atoms with Gasteiger partial charge in [-0.3, -0.25) is 9.52 Å². The average Bonchev–Trinajstić information content (AvgIpc) is 3.09. The van der Waals surface area contributed by atoms with Crippen LogP contribution in [-0.2, 0) is 10.0 Å². The van der Waals surface area contributed by atoms with Crippen molar-refractivity contribution in [2.45, 2.75) is 24.7 Å². The first kappa shape index (κ1) is 17.9. The zero-order valence-corrected chi connectivity index (χ0v) is 16.2. The molecule has 0 saturated carbocycles. The van der Waals surface area contributed by atoms with Crippen molar-refractivity contribution in [3.05, 3.63) is 58.1 Å². The van der Waals surface area contributed by atoms with E-state index in [1.807, 2.05) is 13.0 Å². The van der Waals surface area contributed by atoms with E-state index < -0.39 is 10.0 Å². The van der Waals surface area contributed by atoms with Crippen LogP contribution in [0.25, 0.3) is 0 Å². The molecule has 1 fully saturated rings. The van der Waals surface area contributed by atoms with Gasteiger partial charge in [0.2, 0.25) is 0 Å². The van der Waals surface area contributed by atoms with Crippen LogP contribution < -0.4 is 4.72 Å². The van der Waals surface area contributed by atoms with E-state index in [0.29, 0.717) is 28.8 Å². The molecule has 1 aliphatic heterocycles. The molecule has 1 amide bonds. The summed E-state index contributed by atoms with van der Waals surface area (Å²) in [7, 11) is -3.81. The number of sulfonamides is 1. The molecular formula is C18H19BrN2O3S. The van der Waals surface area contributed by atoms with Gasteiger partial charge in [-0.25, -0.2) is 8.42 Å². The van der Waals surface area contributed by atoms with Gasteiger partial charge in [-0.1, -0.05) is 24.3 Å². The van der Waals surface area contributed by atoms with E-state index in [2.05, 4.69) is 20.7 Å². The van der Waals surface area contributed by atoms with Crippen LogP contribution in [-0.4, -0.2) is 32.3 Å². The highest BCUT2D eigenvalue weighted by molar-refractivity contribution is 9.10. The van der Waals surface area contributed by atoms with E-state index >= 15 is 0 Å². The van der Waals surface area contributed by atoms with Gasteiger partial charge in [-0.2, -0.15) is 0 Å². The Morgan fingerprint density at radius 1 is 1.08 bits per heavy atom. The summed E-state index contributed by atoms with van der Waals surface area (Å²) in [6.07, 6.45) is 1.96. The zero-order chi connectivity index (χ0) is 18.0. The van der Waals surface area contributed by atoms with Gasteiger partial charge in [0.15, 0.2) is 0 Å². The van der Waals surface area contributed by atoms with Crippen molar-refractivity contribution in [2.24, 2.45) is 0 Å². The van der Waals surface area contributed by atoms with Crippen LogP contribution in [0.15, 0.2) is 51.8 Å². The molecule has 7 heteroatoms. The number of amides is 1. The number of nitrogens with one attached hydrogen (secondary N) is 1. The molecule has 0 aromatic heterocycles. The number of hydrogen-bond acceptors (Lipinski definition) is 3. The second kappa shape index (κ2) is 7.17. The summed E-state index contributed by atoms with van der Waals surface area (Å²) in [5.41, 5.74) is 1.48. The van der Waals surface area contributed by atoms with Crippen molar-refractivity contribution in [1.82, 2.24) is 4.90 Å². The van der Waals surface area contributed by atoms with E-state index in [4.69, 9.17) is 0 Å². The van der Waals surface area contributed by atoms with E-state index in [1.165, 1.54) is 6.07 Å². The van der Waals surface area contributed by atoms with Gasteiger partial charge in [0, 0.05) is 17.6 Å². The molecule has 2 aromatic rings. The molecule has 25 heavy (non-hydrogen) atoms. The normalized spacial score (nSPS) is 14.6. The summed E-state index contributed by atoms with van der Waals surface area (Å²) < 4.78 is 28.6. The molecule has 1 aliphatic rings. The lowest BCUT2D eigenvalue weighted by atomic mass is 10.1. The highest BCUT2D eigenvalue weighted by Crippen LogP contribution is 2.28. The second-order valence-electron chi connectivity index (χ2n) is 6.03. The minimum Gasteiger partial charge on any atom is -0.339 e. The van der Waals surface area contributed by atoms with Gasteiger partial charge in [-0.15, -0.1) is 0 Å². The van der Waals surface area contributed by atoms with Crippen LogP contribution in [0, 0.1) is 6.92 Å². The summed E-state index contributed by atoms with van der Waals surface area (Å²) in [5, 5.41) is 0. The first-order valence-corrected chi connectivity index (χ1v) is 10.3. The molecule has 1 saturated heterocycles. The number of carbonyl (C=O) groups is 1. The molecule has 0 aliphatic carbocycles. The number of aryl methyl sites for hydroxylation is 1. The number of hydrogen-bond donors (Lipinski definition) is 1. The Kier molecular flexibility index (Phi) is 5.15. The van der Waals surface area contributed by atoms with Gasteiger partial charge < -0.3 is 4.90 Å². The summed E-state index contributed by atoms with van der Waals surface area (Å²) >= 11 is 3.27. The lowest BCUT2D eigenvalue weighted by molar-refractivity contribution is 0.0793. The number of rotatable bonds is 4. The monoisotopic (exact) mass is 422 g/mol. The summed E-state index contributed by atoms with van der Waals surface area (Å²) in [6, 6.07) is 11.8. The molecule has 2 aromatic carbocycles. The Morgan fingerprint density at radius 3 is 2.44 bits per heavy atom. The van der Waals surface area contributed by atoms with E-state index in [-0.39, 0.29) is 10.8 Å². The zero-order valence-electron chi connectivity index (χ0n) is 13.8. The molecule has 5 nitrogen and oxygen atoms in total. The maximum absolute atomic E-state index is 12.9. The number of anilines is 1. The van der Waals surface area contributed by atoms with E-state index in [0.717, 1.165) is 18.4 Å². The molecule has 0 spiro atoms. The fourth-order valence-corrected chi connectivity index (χ4v) is 5.05. The molecule has 0 atom stereocenters. The van der Waals surface area contributed by atoms with Crippen molar-refractivity contribution in [3.8, 4) is 0 Å². The summed E-state index contributed by atoms with van der Waals surface area (Å²) in [4.78, 5) is 14.8. The Morgan fingerprint density at radius 2 is 1.76 bits per heavy atom. The van der Waals surface area contributed by atoms with Crippen molar-refractivity contribution in [1.29, 1.82) is 0 Å². The van der Waals surface area contributed by atoms with Crippen LogP contribution >= 0.6 is 15.9 Å². The van der Waals surface area contributed by atoms with Crippen LogP contribution in [0.4, 0.5) is 5.69 Å². The van der Waals surface area contributed by atoms with E-state index in [1.54, 1.807) is 35.2 Å². The Labute approximate surface area is 156 Å². The summed E-state index contributed by atoms with van der Waals surface area (Å²) in [6.45, 7) is 3.24. The third-order valence-electron chi connectivity index (χ3n) is 4.25.